The first-order valence-electron chi connectivity index (χ1n) is 3.48. The van der Waals surface area contributed by atoms with Gasteiger partial charge in [-0.1, -0.05) is 18.2 Å². The lowest BCUT2D eigenvalue weighted by Gasteiger charge is -1.99. The van der Waals surface area contributed by atoms with E-state index < -0.39 is 0 Å². The fourth-order valence-corrected chi connectivity index (χ4v) is 1.52. The molecule has 2 rings (SSSR count). The maximum atomic E-state index is 12.9. The van der Waals surface area contributed by atoms with E-state index in [-0.39, 0.29) is 5.82 Å². The Morgan fingerprint density at radius 3 is 2.83 bits per heavy atom. The molecule has 0 aliphatic heterocycles. The van der Waals surface area contributed by atoms with Gasteiger partial charge in [0.2, 0.25) is 0 Å². The van der Waals surface area contributed by atoms with Crippen LogP contribution in [0.5, 0.6) is 0 Å². The third-order valence-corrected chi connectivity index (χ3v) is 2.47. The average Bonchev–Trinajstić information content (AvgIpc) is 2.12. The van der Waals surface area contributed by atoms with Crippen LogP contribution in [0, 0.1) is 5.82 Å². The summed E-state index contributed by atoms with van der Waals surface area (Å²) in [5, 5.41) is 0.803. The molecular weight excluding hydrogens is 221 g/mol. The fraction of sp³-hybridized carbons (Fsp3) is 0. The molecule has 0 fully saturated rings. The number of hydrogen-bond acceptors (Lipinski definition) is 1. The van der Waals surface area contributed by atoms with E-state index >= 15 is 0 Å². The van der Waals surface area contributed by atoms with Crippen molar-refractivity contribution < 1.29 is 4.39 Å². The van der Waals surface area contributed by atoms with Gasteiger partial charge in [0, 0.05) is 5.39 Å². The van der Waals surface area contributed by atoms with E-state index in [1.807, 2.05) is 24.3 Å². The molecule has 0 saturated heterocycles. The van der Waals surface area contributed by atoms with Crippen molar-refractivity contribution in [1.29, 1.82) is 0 Å². The summed E-state index contributed by atoms with van der Waals surface area (Å²) >= 11 is 3.17. The average molecular weight is 226 g/mol. The highest BCUT2D eigenvalue weighted by atomic mass is 79.9. The highest BCUT2D eigenvalue weighted by Gasteiger charge is 2.03. The summed E-state index contributed by atoms with van der Waals surface area (Å²) in [6.07, 6.45) is 1.21. The summed E-state index contributed by atoms with van der Waals surface area (Å²) < 4.78 is 13.4. The highest BCUT2D eigenvalue weighted by molar-refractivity contribution is 9.10. The van der Waals surface area contributed by atoms with Crippen LogP contribution in [0.2, 0.25) is 0 Å². The zero-order valence-electron chi connectivity index (χ0n) is 6.09. The standard InChI is InChI=1S/C9H5BrFN/c10-9-6-3-1-2-4-8(6)12-5-7(9)11/h1-5H. The molecule has 0 aliphatic rings. The van der Waals surface area contributed by atoms with Gasteiger partial charge >= 0.3 is 0 Å². The second kappa shape index (κ2) is 2.83. The Hall–Kier alpha value is -0.960. The maximum absolute atomic E-state index is 12.9. The van der Waals surface area contributed by atoms with Crippen LogP contribution in [0.4, 0.5) is 4.39 Å². The molecule has 0 spiro atoms. The molecule has 0 N–H and O–H groups in total. The number of pyridine rings is 1. The van der Waals surface area contributed by atoms with E-state index in [4.69, 9.17) is 0 Å². The molecule has 12 heavy (non-hydrogen) atoms. The summed E-state index contributed by atoms with van der Waals surface area (Å²) in [4.78, 5) is 3.94. The van der Waals surface area contributed by atoms with Crippen molar-refractivity contribution in [3.8, 4) is 0 Å². The van der Waals surface area contributed by atoms with Gasteiger partial charge in [-0.25, -0.2) is 4.39 Å². The van der Waals surface area contributed by atoms with Crippen molar-refractivity contribution in [3.63, 3.8) is 0 Å². The van der Waals surface area contributed by atoms with Crippen LogP contribution in [-0.4, -0.2) is 4.98 Å². The van der Waals surface area contributed by atoms with Crippen molar-refractivity contribution in [1.82, 2.24) is 4.98 Å². The number of hydrogen-bond donors (Lipinski definition) is 0. The predicted octanol–water partition coefficient (Wildman–Crippen LogP) is 3.14. The topological polar surface area (TPSA) is 12.9 Å². The molecule has 1 heterocycles. The first kappa shape index (κ1) is 7.68. The molecule has 60 valence electrons. The third kappa shape index (κ3) is 1.10. The van der Waals surface area contributed by atoms with Crippen LogP contribution in [0.25, 0.3) is 10.9 Å². The van der Waals surface area contributed by atoms with E-state index in [2.05, 4.69) is 20.9 Å². The molecule has 0 unspecified atom stereocenters. The van der Waals surface area contributed by atoms with Gasteiger partial charge in [-0.05, 0) is 22.0 Å². The molecule has 1 aromatic heterocycles. The van der Waals surface area contributed by atoms with Crippen LogP contribution >= 0.6 is 15.9 Å². The Morgan fingerprint density at radius 2 is 2.00 bits per heavy atom. The first-order chi connectivity index (χ1) is 5.79. The minimum atomic E-state index is -0.325. The van der Waals surface area contributed by atoms with Crippen LogP contribution in [0.15, 0.2) is 34.9 Å². The maximum Gasteiger partial charge on any atom is 0.156 e. The van der Waals surface area contributed by atoms with Crippen LogP contribution < -0.4 is 0 Å². The molecule has 0 bridgehead atoms. The largest absolute Gasteiger partial charge is 0.253 e. The first-order valence-corrected chi connectivity index (χ1v) is 4.27. The summed E-state index contributed by atoms with van der Waals surface area (Å²) in [6.45, 7) is 0. The SMILES string of the molecule is Fc1cnc2ccccc2c1Br. The van der Waals surface area contributed by atoms with Gasteiger partial charge in [0.25, 0.3) is 0 Å². The number of halogens is 2. The summed E-state index contributed by atoms with van der Waals surface area (Å²) in [7, 11) is 0. The van der Waals surface area contributed by atoms with Gasteiger partial charge in [-0.3, -0.25) is 4.98 Å². The lowest BCUT2D eigenvalue weighted by molar-refractivity contribution is 0.618. The van der Waals surface area contributed by atoms with Gasteiger partial charge in [0.05, 0.1) is 16.2 Å². The fourth-order valence-electron chi connectivity index (χ4n) is 1.08. The Labute approximate surface area is 77.4 Å². The summed E-state index contributed by atoms with van der Waals surface area (Å²) in [5.41, 5.74) is 0.797. The smallest absolute Gasteiger partial charge is 0.156 e. The third-order valence-electron chi connectivity index (χ3n) is 1.67. The molecular formula is C9H5BrFN. The molecule has 0 radical (unpaired) electrons. The zero-order valence-corrected chi connectivity index (χ0v) is 7.68. The van der Waals surface area contributed by atoms with Gasteiger partial charge in [0.15, 0.2) is 5.82 Å². The lowest BCUT2D eigenvalue weighted by Crippen LogP contribution is -1.83. The van der Waals surface area contributed by atoms with Gasteiger partial charge in [-0.15, -0.1) is 0 Å². The molecule has 2 aromatic rings. The highest BCUT2D eigenvalue weighted by Crippen LogP contribution is 2.24. The number of fused-ring (bicyclic) bond motifs is 1. The minimum absolute atomic E-state index is 0.325. The van der Waals surface area contributed by atoms with Gasteiger partial charge in [-0.2, -0.15) is 0 Å². The van der Waals surface area contributed by atoms with E-state index in [0.29, 0.717) is 4.47 Å². The van der Waals surface area contributed by atoms with E-state index in [1.165, 1.54) is 6.20 Å². The zero-order chi connectivity index (χ0) is 8.55. The van der Waals surface area contributed by atoms with Crippen molar-refractivity contribution in [3.05, 3.63) is 40.8 Å². The van der Waals surface area contributed by atoms with E-state index in [9.17, 15) is 4.39 Å². The van der Waals surface area contributed by atoms with E-state index in [0.717, 1.165) is 10.9 Å². The lowest BCUT2D eigenvalue weighted by atomic mass is 10.2. The molecule has 0 saturated carbocycles. The number of nitrogens with zero attached hydrogens (tertiary/aromatic N) is 1. The second-order valence-electron chi connectivity index (χ2n) is 2.44. The summed E-state index contributed by atoms with van der Waals surface area (Å²) in [6, 6.07) is 7.41. The van der Waals surface area contributed by atoms with Crippen LogP contribution in [-0.2, 0) is 0 Å². The van der Waals surface area contributed by atoms with Crippen LogP contribution in [0.1, 0.15) is 0 Å². The monoisotopic (exact) mass is 225 g/mol. The Morgan fingerprint density at radius 1 is 1.25 bits per heavy atom. The van der Waals surface area contributed by atoms with Crippen molar-refractivity contribution in [2.75, 3.05) is 0 Å². The van der Waals surface area contributed by atoms with Crippen molar-refractivity contribution >= 4 is 26.8 Å². The predicted molar refractivity (Wildman–Crippen MR) is 49.4 cm³/mol. The number of aromatic nitrogens is 1. The molecule has 0 amide bonds. The Kier molecular flexibility index (Phi) is 1.81. The van der Waals surface area contributed by atoms with Crippen molar-refractivity contribution in [2.24, 2.45) is 0 Å². The molecule has 3 heteroatoms. The minimum Gasteiger partial charge on any atom is -0.253 e. The van der Waals surface area contributed by atoms with E-state index in [1.54, 1.807) is 0 Å². The molecule has 1 nitrogen and oxygen atoms in total. The number of rotatable bonds is 0. The van der Waals surface area contributed by atoms with Crippen LogP contribution in [0.3, 0.4) is 0 Å². The van der Waals surface area contributed by atoms with Gasteiger partial charge in [0.1, 0.15) is 0 Å². The number of para-hydroxylation sites is 1. The number of benzene rings is 1. The van der Waals surface area contributed by atoms with Gasteiger partial charge < -0.3 is 0 Å². The quantitative estimate of drug-likeness (QED) is 0.672. The normalized spacial score (nSPS) is 10.5. The summed E-state index contributed by atoms with van der Waals surface area (Å²) in [5.74, 6) is -0.325. The molecule has 0 atom stereocenters. The Balaban J connectivity index is 2.91. The second-order valence-corrected chi connectivity index (χ2v) is 3.23. The van der Waals surface area contributed by atoms with Crippen molar-refractivity contribution in [2.45, 2.75) is 0 Å². The molecule has 1 aromatic carbocycles. The Bertz CT molecular complexity index is 428. The molecule has 0 aliphatic carbocycles.